The molecule has 1 amide bonds. The van der Waals surface area contributed by atoms with Gasteiger partial charge in [0.25, 0.3) is 5.91 Å². The summed E-state index contributed by atoms with van der Waals surface area (Å²) in [4.78, 5) is 27.5. The fraction of sp³-hybridized carbons (Fsp3) is 0.300. The Kier molecular flexibility index (Phi) is 10.6. The molecule has 8 nitrogen and oxygen atoms in total. The standard InChI is InChI=1S/C30H25F6N3O5S3/c31-29(32,33)20-12-18(13-21(15-20)30(34,35)36)17-1-3-23(44-10-7-38-5-8-43-9-6-38)19(11-17)14-25-26(40)39(28(45)47-25)37-16-22-2-4-24(46-22)27(41)42/h1-4,11-15,37H,5-10,16H2,(H,41,42). The summed E-state index contributed by atoms with van der Waals surface area (Å²) in [6.07, 6.45) is -8.64. The van der Waals surface area contributed by atoms with Crippen LogP contribution in [0.5, 0.6) is 5.75 Å². The zero-order valence-corrected chi connectivity index (χ0v) is 26.6. The molecule has 2 aliphatic heterocycles. The molecule has 250 valence electrons. The van der Waals surface area contributed by atoms with E-state index in [1.165, 1.54) is 30.3 Å². The molecule has 1 aromatic heterocycles. The molecule has 2 aromatic carbocycles. The fourth-order valence-corrected chi connectivity index (χ4v) is 6.68. The van der Waals surface area contributed by atoms with E-state index in [4.69, 9.17) is 26.8 Å². The largest absolute Gasteiger partial charge is 0.492 e. The van der Waals surface area contributed by atoms with E-state index in [1.807, 2.05) is 0 Å². The predicted molar refractivity (Wildman–Crippen MR) is 168 cm³/mol. The van der Waals surface area contributed by atoms with Gasteiger partial charge in [0.1, 0.15) is 17.2 Å². The summed E-state index contributed by atoms with van der Waals surface area (Å²) in [5.41, 5.74) is -0.0983. The third kappa shape index (κ3) is 8.71. The van der Waals surface area contributed by atoms with E-state index in [-0.39, 0.29) is 55.8 Å². The van der Waals surface area contributed by atoms with Gasteiger partial charge < -0.3 is 14.6 Å². The van der Waals surface area contributed by atoms with Crippen molar-refractivity contribution in [3.05, 3.63) is 79.9 Å². The Bertz CT molecular complexity index is 1670. The number of thioether (sulfide) groups is 1. The second-order valence-corrected chi connectivity index (χ2v) is 13.1. The molecule has 0 atom stereocenters. The number of hydrogen-bond acceptors (Lipinski definition) is 9. The van der Waals surface area contributed by atoms with Gasteiger partial charge in [-0.3, -0.25) is 9.69 Å². The van der Waals surface area contributed by atoms with Crippen LogP contribution in [-0.4, -0.2) is 70.7 Å². The highest BCUT2D eigenvalue weighted by Crippen LogP contribution is 2.40. The van der Waals surface area contributed by atoms with Crippen LogP contribution in [-0.2, 0) is 28.4 Å². The van der Waals surface area contributed by atoms with Crippen LogP contribution in [0.1, 0.15) is 31.2 Å². The number of ether oxygens (including phenoxy) is 2. The average molecular weight is 718 g/mol. The summed E-state index contributed by atoms with van der Waals surface area (Å²) in [5, 5.41) is 10.3. The maximum absolute atomic E-state index is 13.6. The molecular formula is C30H25F6N3O5S3. The lowest BCUT2D eigenvalue weighted by molar-refractivity contribution is -0.143. The molecule has 2 fully saturated rings. The maximum Gasteiger partial charge on any atom is 0.416 e. The van der Waals surface area contributed by atoms with E-state index in [0.29, 0.717) is 49.9 Å². The molecule has 5 rings (SSSR count). The number of carbonyl (C=O) groups excluding carboxylic acids is 1. The van der Waals surface area contributed by atoms with Gasteiger partial charge >= 0.3 is 18.3 Å². The highest BCUT2D eigenvalue weighted by atomic mass is 32.2. The van der Waals surface area contributed by atoms with Crippen LogP contribution >= 0.6 is 35.3 Å². The Labute approximate surface area is 277 Å². The topological polar surface area (TPSA) is 91.3 Å². The van der Waals surface area contributed by atoms with Crippen molar-refractivity contribution in [1.29, 1.82) is 0 Å². The number of aromatic carboxylic acids is 1. The van der Waals surface area contributed by atoms with Crippen molar-refractivity contribution in [1.82, 2.24) is 15.3 Å². The molecule has 0 radical (unpaired) electrons. The molecule has 2 N–H and O–H groups in total. The first-order chi connectivity index (χ1) is 22.2. The van der Waals surface area contributed by atoms with E-state index in [1.54, 1.807) is 6.07 Å². The molecule has 2 aliphatic rings. The number of benzene rings is 2. The van der Waals surface area contributed by atoms with Crippen molar-refractivity contribution >= 4 is 57.6 Å². The van der Waals surface area contributed by atoms with Gasteiger partial charge in [0.2, 0.25) is 0 Å². The van der Waals surface area contributed by atoms with Gasteiger partial charge in [0.05, 0.1) is 35.8 Å². The van der Waals surface area contributed by atoms with Gasteiger partial charge in [-0.1, -0.05) is 30.0 Å². The number of carboxylic acid groups (broad SMARTS) is 1. The number of carboxylic acids is 1. The lowest BCUT2D eigenvalue weighted by Crippen LogP contribution is -2.40. The smallest absolute Gasteiger partial charge is 0.416 e. The molecule has 47 heavy (non-hydrogen) atoms. The lowest BCUT2D eigenvalue weighted by atomic mass is 9.97. The molecular weight excluding hydrogens is 693 g/mol. The molecule has 17 heteroatoms. The van der Waals surface area contributed by atoms with Gasteiger partial charge in [-0.05, 0) is 59.7 Å². The minimum absolute atomic E-state index is 0.0360. The number of nitrogens with zero attached hydrogens (tertiary/aromatic N) is 2. The third-order valence-electron chi connectivity index (χ3n) is 7.06. The van der Waals surface area contributed by atoms with Crippen molar-refractivity contribution in [2.24, 2.45) is 0 Å². The van der Waals surface area contributed by atoms with E-state index < -0.39 is 35.4 Å². The number of morpholine rings is 1. The quantitative estimate of drug-likeness (QED) is 0.134. The van der Waals surface area contributed by atoms with E-state index in [2.05, 4.69) is 10.3 Å². The highest BCUT2D eigenvalue weighted by molar-refractivity contribution is 8.26. The maximum atomic E-state index is 13.6. The van der Waals surface area contributed by atoms with E-state index in [0.717, 1.165) is 28.1 Å². The summed E-state index contributed by atoms with van der Waals surface area (Å²) in [5.74, 6) is -1.39. The summed E-state index contributed by atoms with van der Waals surface area (Å²) >= 11 is 7.32. The average Bonchev–Trinajstić information content (AvgIpc) is 3.60. The molecule has 0 bridgehead atoms. The minimum atomic E-state index is -5.03. The Balaban J connectivity index is 1.45. The van der Waals surface area contributed by atoms with Crippen molar-refractivity contribution in [2.45, 2.75) is 18.9 Å². The molecule has 3 aromatic rings. The molecule has 0 aliphatic carbocycles. The Morgan fingerprint density at radius 2 is 1.68 bits per heavy atom. The van der Waals surface area contributed by atoms with Crippen molar-refractivity contribution in [2.75, 3.05) is 39.5 Å². The van der Waals surface area contributed by atoms with Crippen LogP contribution in [0.2, 0.25) is 0 Å². The Morgan fingerprint density at radius 1 is 1.00 bits per heavy atom. The summed E-state index contributed by atoms with van der Waals surface area (Å²) < 4.78 is 93.0. The number of amides is 1. The van der Waals surface area contributed by atoms with E-state index >= 15 is 0 Å². The van der Waals surface area contributed by atoms with Crippen LogP contribution in [0, 0.1) is 0 Å². The molecule has 0 unspecified atom stereocenters. The predicted octanol–water partition coefficient (Wildman–Crippen LogP) is 6.77. The molecule has 0 saturated carbocycles. The number of rotatable bonds is 10. The number of nitrogens with one attached hydrogen (secondary N) is 1. The first-order valence-electron chi connectivity index (χ1n) is 13.9. The SMILES string of the molecule is O=C(O)c1ccc(CNN2C(=O)C(=Cc3cc(-c4cc(C(F)(F)F)cc(C(F)(F)F)c4)ccc3OCCN3CCOCC3)SC2=S)s1. The number of carbonyl (C=O) groups is 2. The van der Waals surface area contributed by atoms with Gasteiger partial charge in [-0.2, -0.15) is 26.3 Å². The summed E-state index contributed by atoms with van der Waals surface area (Å²) in [6, 6.07) is 8.51. The second-order valence-electron chi connectivity index (χ2n) is 10.3. The number of thiocarbonyl (C=S) groups is 1. The first-order valence-corrected chi connectivity index (χ1v) is 15.9. The second kappa shape index (κ2) is 14.3. The Hall–Kier alpha value is -3.48. The van der Waals surface area contributed by atoms with Crippen molar-refractivity contribution in [3.8, 4) is 16.9 Å². The monoisotopic (exact) mass is 717 g/mol. The minimum Gasteiger partial charge on any atom is -0.492 e. The highest BCUT2D eigenvalue weighted by Gasteiger charge is 2.37. The van der Waals surface area contributed by atoms with Crippen LogP contribution in [0.15, 0.2) is 53.4 Å². The van der Waals surface area contributed by atoms with Crippen LogP contribution < -0.4 is 10.2 Å². The zero-order chi connectivity index (χ0) is 33.9. The fourth-order valence-electron chi connectivity index (χ4n) is 4.69. The normalized spacial score (nSPS) is 17.1. The molecule has 3 heterocycles. The zero-order valence-electron chi connectivity index (χ0n) is 24.1. The molecule has 2 saturated heterocycles. The number of halogens is 6. The van der Waals surface area contributed by atoms with E-state index in [9.17, 15) is 35.9 Å². The van der Waals surface area contributed by atoms with Crippen molar-refractivity contribution in [3.63, 3.8) is 0 Å². The molecule has 0 spiro atoms. The third-order valence-corrected chi connectivity index (χ3v) is 9.44. The number of hydrogen-bond donors (Lipinski definition) is 2. The number of alkyl halides is 6. The van der Waals surface area contributed by atoms with Crippen LogP contribution in [0.4, 0.5) is 26.3 Å². The van der Waals surface area contributed by atoms with Gasteiger partial charge in [0, 0.05) is 30.1 Å². The van der Waals surface area contributed by atoms with Gasteiger partial charge in [0.15, 0.2) is 4.32 Å². The van der Waals surface area contributed by atoms with Crippen molar-refractivity contribution < 1.29 is 50.5 Å². The van der Waals surface area contributed by atoms with Crippen LogP contribution in [0.25, 0.3) is 17.2 Å². The number of thiophene rings is 1. The van der Waals surface area contributed by atoms with Gasteiger partial charge in [-0.15, -0.1) is 11.3 Å². The number of hydrazine groups is 1. The summed E-state index contributed by atoms with van der Waals surface area (Å²) in [7, 11) is 0. The van der Waals surface area contributed by atoms with Crippen LogP contribution in [0.3, 0.4) is 0 Å². The lowest BCUT2D eigenvalue weighted by Gasteiger charge is -2.26. The Morgan fingerprint density at radius 3 is 2.30 bits per heavy atom. The summed E-state index contributed by atoms with van der Waals surface area (Å²) in [6.45, 7) is 3.38. The first kappa shape index (κ1) is 34.8. The van der Waals surface area contributed by atoms with Gasteiger partial charge in [-0.25, -0.2) is 15.2 Å².